The van der Waals surface area contributed by atoms with Crippen LogP contribution in [0.2, 0.25) is 0 Å². The first-order valence-electron chi connectivity index (χ1n) is 15.2. The van der Waals surface area contributed by atoms with Gasteiger partial charge in [0.2, 0.25) is 5.91 Å². The molecule has 1 aliphatic carbocycles. The molecular formula is C35H47CdF4FeN4O4S-. The van der Waals surface area contributed by atoms with Crippen molar-refractivity contribution < 1.29 is 81.7 Å². The van der Waals surface area contributed by atoms with E-state index in [1.54, 1.807) is 7.05 Å². The van der Waals surface area contributed by atoms with E-state index in [4.69, 9.17) is 9.90 Å². The Labute approximate surface area is 329 Å². The molecule has 5 atom stereocenters. The van der Waals surface area contributed by atoms with Crippen molar-refractivity contribution in [2.24, 2.45) is 11.8 Å². The molecule has 276 valence electrons. The number of amides is 1. The first-order valence-corrected chi connectivity index (χ1v) is 15.7. The molecule has 8 nitrogen and oxygen atoms in total. The van der Waals surface area contributed by atoms with E-state index in [1.165, 1.54) is 0 Å². The summed E-state index contributed by atoms with van der Waals surface area (Å²) in [6.45, 7) is 7.77. The Morgan fingerprint density at radius 3 is 2.08 bits per heavy atom. The van der Waals surface area contributed by atoms with Crippen LogP contribution in [0.1, 0.15) is 57.6 Å². The maximum absolute atomic E-state index is 14.3. The van der Waals surface area contributed by atoms with Gasteiger partial charge in [0.05, 0.1) is 34.9 Å². The van der Waals surface area contributed by atoms with E-state index < -0.39 is 35.5 Å². The molecule has 0 saturated heterocycles. The van der Waals surface area contributed by atoms with Crippen LogP contribution in [-0.2, 0) is 60.1 Å². The number of alkyl halides is 3. The first-order chi connectivity index (χ1) is 22.2. The standard InChI is InChI=1S/C30H31F4N3O2.C2H6.CH5NS.CH2O2.CH3.Cd.Fe/c1-16-23(19-6-4-18(5-7-19)20-8-11-28-27(12-20)35-17(2)37(28)3)14-22(38)15-24(16)29(39)36-26-10-9-21(13-25(26)31)30(32,33)34;1-2;1-2-3;2-1-3;;;/h4-13,16-17,22-24,35,38H,14-15H2,1-3H3,(H,36,39);1-2H3;2-3H,1H3;1H,(H,2,3);1H3;;/q;;;;-1;;/t16-,17?,22?,23?,24?;;;;;;/m1....../s1. The zero-order chi connectivity index (χ0) is 35.5. The third-order valence-electron chi connectivity index (χ3n) is 8.21. The molecule has 1 aliphatic heterocycles. The van der Waals surface area contributed by atoms with Crippen LogP contribution in [0.15, 0.2) is 60.7 Å². The molecule has 50 heavy (non-hydrogen) atoms. The number of fused-ring (bicyclic) bond motifs is 1. The third-order valence-corrected chi connectivity index (χ3v) is 8.21. The number of nitrogens with zero attached hydrogens (tertiary/aromatic N) is 1. The SMILES string of the molecule is CC.CC1Nc2cc(-c3ccc(C4CC(O)CC(C(=O)Nc5ccc(C(F)(F)F)cc5F)[C@@H]4C)cc3)ccc2N1C.CNS.O=CO.[CH3-].[Cd].[Fe]. The van der Waals surface area contributed by atoms with Gasteiger partial charge in [-0.25, -0.2) is 4.39 Å². The van der Waals surface area contributed by atoms with Gasteiger partial charge in [-0.3, -0.25) is 14.3 Å². The van der Waals surface area contributed by atoms with E-state index >= 15 is 0 Å². The molecule has 0 radical (unpaired) electrons. The number of nitrogens with one attached hydrogen (secondary N) is 3. The molecule has 1 heterocycles. The fourth-order valence-corrected chi connectivity index (χ4v) is 5.79. The Kier molecular flexibility index (Phi) is 23.1. The van der Waals surface area contributed by atoms with Gasteiger partial charge in [-0.2, -0.15) is 13.2 Å². The van der Waals surface area contributed by atoms with Crippen molar-refractivity contribution in [3.63, 3.8) is 0 Å². The maximum Gasteiger partial charge on any atom is 0.416 e. The van der Waals surface area contributed by atoms with Gasteiger partial charge < -0.3 is 33.2 Å². The second-order valence-electron chi connectivity index (χ2n) is 11.0. The number of anilines is 3. The maximum atomic E-state index is 14.3. The zero-order valence-electron chi connectivity index (χ0n) is 29.3. The Bertz CT molecular complexity index is 1470. The number of hydrogen-bond donors (Lipinski definition) is 6. The molecule has 0 bridgehead atoms. The zero-order valence-corrected chi connectivity index (χ0v) is 35.4. The summed E-state index contributed by atoms with van der Waals surface area (Å²) in [5.74, 6) is -2.62. The van der Waals surface area contributed by atoms with Crippen LogP contribution in [0.3, 0.4) is 0 Å². The van der Waals surface area contributed by atoms with E-state index in [0.717, 1.165) is 40.2 Å². The number of halogens is 4. The summed E-state index contributed by atoms with van der Waals surface area (Å²) in [6.07, 6.45) is -4.52. The molecular weight excluding hydrogens is 817 g/mol. The summed E-state index contributed by atoms with van der Waals surface area (Å²) in [7, 11) is 3.79. The number of hydrogen-bond acceptors (Lipinski definition) is 7. The summed E-state index contributed by atoms with van der Waals surface area (Å²) in [5.41, 5.74) is 3.88. The molecule has 1 saturated carbocycles. The second-order valence-corrected chi connectivity index (χ2v) is 11.4. The van der Waals surface area contributed by atoms with Gasteiger partial charge in [0.1, 0.15) is 5.82 Å². The van der Waals surface area contributed by atoms with Gasteiger partial charge in [0.15, 0.2) is 0 Å². The van der Waals surface area contributed by atoms with Crippen molar-refractivity contribution in [3.05, 3.63) is 85.0 Å². The molecule has 1 amide bonds. The molecule has 15 heteroatoms. The summed E-state index contributed by atoms with van der Waals surface area (Å²) in [6, 6.07) is 16.4. The van der Waals surface area contributed by atoms with Crippen molar-refractivity contribution in [2.45, 2.75) is 64.9 Å². The van der Waals surface area contributed by atoms with Gasteiger partial charge >= 0.3 is 6.18 Å². The average molecular weight is 864 g/mol. The van der Waals surface area contributed by atoms with E-state index in [0.29, 0.717) is 12.5 Å². The number of thiol groups is 1. The molecule has 2 aliphatic rings. The normalized spacial score (nSPS) is 20.0. The van der Waals surface area contributed by atoms with Crippen LogP contribution in [0, 0.1) is 25.1 Å². The Morgan fingerprint density at radius 2 is 1.56 bits per heavy atom. The molecule has 3 aromatic carbocycles. The predicted octanol–water partition coefficient (Wildman–Crippen LogP) is 8.07. The van der Waals surface area contributed by atoms with E-state index in [9.17, 15) is 27.5 Å². The summed E-state index contributed by atoms with van der Waals surface area (Å²) in [4.78, 5) is 23.6. The van der Waals surface area contributed by atoms with Crippen LogP contribution < -0.4 is 20.3 Å². The summed E-state index contributed by atoms with van der Waals surface area (Å²) >= 11 is 3.54. The predicted molar refractivity (Wildman–Crippen MR) is 189 cm³/mol. The quantitative estimate of drug-likeness (QED) is 0.0518. The number of carboxylic acid groups (broad SMARTS) is 1. The molecule has 0 aromatic heterocycles. The molecule has 5 rings (SSSR count). The van der Waals surface area contributed by atoms with E-state index in [-0.39, 0.29) is 88.4 Å². The number of benzene rings is 3. The number of aliphatic hydroxyl groups is 1. The second kappa shape index (κ2) is 23.2. The van der Waals surface area contributed by atoms with Crippen LogP contribution in [0.25, 0.3) is 11.1 Å². The summed E-state index contributed by atoms with van der Waals surface area (Å²) < 4.78 is 55.4. The molecule has 3 aromatic rings. The molecule has 0 spiro atoms. The van der Waals surface area contributed by atoms with Crippen molar-refractivity contribution in [3.8, 4) is 11.1 Å². The van der Waals surface area contributed by atoms with Gasteiger partial charge in [-0.1, -0.05) is 63.9 Å². The summed E-state index contributed by atoms with van der Waals surface area (Å²) in [5, 5.41) is 23.4. The Morgan fingerprint density at radius 1 is 1.02 bits per heavy atom. The minimum absolute atomic E-state index is 0. The van der Waals surface area contributed by atoms with Crippen molar-refractivity contribution in [1.29, 1.82) is 0 Å². The first kappa shape index (κ1) is 49.7. The van der Waals surface area contributed by atoms with Gasteiger partial charge in [-0.05, 0) is 85.7 Å². The van der Waals surface area contributed by atoms with Crippen molar-refractivity contribution in [2.75, 3.05) is 29.6 Å². The van der Waals surface area contributed by atoms with Crippen LogP contribution in [0.5, 0.6) is 0 Å². The number of rotatable bonds is 4. The minimum atomic E-state index is -4.68. The van der Waals surface area contributed by atoms with Crippen molar-refractivity contribution in [1.82, 2.24) is 4.72 Å². The fourth-order valence-electron chi connectivity index (χ4n) is 5.79. The van der Waals surface area contributed by atoms with Crippen LogP contribution in [0.4, 0.5) is 34.6 Å². The minimum Gasteiger partial charge on any atom is -0.483 e. The monoisotopic (exact) mass is 865 g/mol. The molecule has 5 N–H and O–H groups in total. The van der Waals surface area contributed by atoms with Gasteiger partial charge in [-0.15, -0.1) is 0 Å². The largest absolute Gasteiger partial charge is 0.483 e. The van der Waals surface area contributed by atoms with Crippen molar-refractivity contribution >= 4 is 42.3 Å². The third kappa shape index (κ3) is 13.0. The molecule has 4 unspecified atom stereocenters. The number of aliphatic hydroxyl groups excluding tert-OH is 1. The average Bonchev–Trinajstić information content (AvgIpc) is 3.32. The molecule has 1 fully saturated rings. The van der Waals surface area contributed by atoms with Gasteiger partial charge in [0, 0.05) is 57.3 Å². The Balaban J connectivity index is 0. The van der Waals surface area contributed by atoms with Gasteiger partial charge in [0.25, 0.3) is 6.47 Å². The van der Waals surface area contributed by atoms with Crippen LogP contribution >= 0.6 is 12.8 Å². The van der Waals surface area contributed by atoms with Crippen LogP contribution in [-0.4, -0.2) is 49.0 Å². The van der Waals surface area contributed by atoms with E-state index in [1.807, 2.05) is 52.1 Å². The smallest absolute Gasteiger partial charge is 0.416 e. The Hall–Kier alpha value is -2.37. The fraction of sp³-hybridized carbons (Fsp3) is 0.400. The topological polar surface area (TPSA) is 114 Å². The number of carbonyl (C=O) groups is 2. The number of carbonyl (C=O) groups excluding carboxylic acids is 1. The van der Waals surface area contributed by atoms with E-state index in [2.05, 4.69) is 58.2 Å².